The van der Waals surface area contributed by atoms with Gasteiger partial charge in [-0.25, -0.2) is 9.78 Å². The number of hydrogen-bond donors (Lipinski definition) is 1. The molecule has 0 bridgehead atoms. The third-order valence-electron chi connectivity index (χ3n) is 8.18. The van der Waals surface area contributed by atoms with E-state index in [9.17, 15) is 9.59 Å². The zero-order valence-corrected chi connectivity index (χ0v) is 28.8. The van der Waals surface area contributed by atoms with E-state index in [4.69, 9.17) is 42.4 Å². The van der Waals surface area contributed by atoms with Crippen LogP contribution >= 0.6 is 23.2 Å². The molecule has 1 N–H and O–H groups in total. The van der Waals surface area contributed by atoms with Gasteiger partial charge in [-0.1, -0.05) is 47.5 Å². The molecule has 1 amide bonds. The van der Waals surface area contributed by atoms with Gasteiger partial charge in [-0.3, -0.25) is 4.79 Å². The van der Waals surface area contributed by atoms with E-state index in [1.54, 1.807) is 43.3 Å². The van der Waals surface area contributed by atoms with Gasteiger partial charge in [0.1, 0.15) is 17.9 Å². The number of fused-ring (bicyclic) bond motifs is 1. The number of anilines is 1. The first-order valence-electron chi connectivity index (χ1n) is 16.0. The number of hydrogen-bond acceptors (Lipinski definition) is 7. The molecule has 0 atom stereocenters. The van der Waals surface area contributed by atoms with Crippen molar-refractivity contribution in [2.24, 2.45) is 0 Å². The molecule has 1 saturated heterocycles. The van der Waals surface area contributed by atoms with Crippen molar-refractivity contribution in [3.8, 4) is 11.4 Å². The third-order valence-corrected chi connectivity index (χ3v) is 8.96. The molecule has 49 heavy (non-hydrogen) atoms. The van der Waals surface area contributed by atoms with E-state index in [0.717, 1.165) is 46.6 Å². The van der Waals surface area contributed by atoms with Crippen LogP contribution in [-0.2, 0) is 27.4 Å². The van der Waals surface area contributed by atoms with Crippen molar-refractivity contribution in [1.29, 1.82) is 0 Å². The predicted octanol–water partition coefficient (Wildman–Crippen LogP) is 7.56. The number of amides is 1. The standard InChI is InChI=1S/C38H36Cl2N4O5/c1-3-48-38(46)27-12-9-26(10-13-27)11-16-35(45)41-23-28-6-5-17-44(28)32-15-14-31(39)30(36(32)40)24-49-34-8-4-7-29-33(22-25(2)42-37(29)34)43-18-20-47-21-19-43/h4-17,22H,3,18-21,23-24H2,1-2H3,(H,41,45). The number of carbonyl (C=O) groups excluding carboxylic acids is 2. The molecule has 0 aliphatic carbocycles. The summed E-state index contributed by atoms with van der Waals surface area (Å²) in [4.78, 5) is 31.7. The van der Waals surface area contributed by atoms with Crippen LogP contribution < -0.4 is 15.0 Å². The van der Waals surface area contributed by atoms with E-state index < -0.39 is 0 Å². The van der Waals surface area contributed by atoms with E-state index in [1.165, 1.54) is 6.08 Å². The van der Waals surface area contributed by atoms with Crippen LogP contribution in [0.1, 0.15) is 39.8 Å². The monoisotopic (exact) mass is 698 g/mol. The molecule has 2 aromatic heterocycles. The highest BCUT2D eigenvalue weighted by Crippen LogP contribution is 2.36. The summed E-state index contributed by atoms with van der Waals surface area (Å²) in [6, 6.07) is 22.3. The summed E-state index contributed by atoms with van der Waals surface area (Å²) in [5, 5.41) is 4.86. The minimum Gasteiger partial charge on any atom is -0.487 e. The summed E-state index contributed by atoms with van der Waals surface area (Å²) in [6.07, 6.45) is 5.01. The highest BCUT2D eigenvalue weighted by Gasteiger charge is 2.19. The second-order valence-electron chi connectivity index (χ2n) is 11.4. The van der Waals surface area contributed by atoms with Crippen molar-refractivity contribution >= 4 is 57.7 Å². The summed E-state index contributed by atoms with van der Waals surface area (Å²) in [6.45, 7) is 7.46. The Morgan fingerprint density at radius 1 is 1.00 bits per heavy atom. The van der Waals surface area contributed by atoms with Gasteiger partial charge in [0.25, 0.3) is 0 Å². The summed E-state index contributed by atoms with van der Waals surface area (Å²) >= 11 is 13.7. The van der Waals surface area contributed by atoms with Gasteiger partial charge in [0.2, 0.25) is 5.91 Å². The Hall–Kier alpha value is -4.83. The Kier molecular flexibility index (Phi) is 10.8. The van der Waals surface area contributed by atoms with Crippen LogP contribution in [0.2, 0.25) is 10.0 Å². The quantitative estimate of drug-likeness (QED) is 0.112. The molecule has 0 unspecified atom stereocenters. The first kappa shape index (κ1) is 34.0. The lowest BCUT2D eigenvalue weighted by molar-refractivity contribution is -0.116. The molecule has 1 aliphatic rings. The lowest BCUT2D eigenvalue weighted by Gasteiger charge is -2.30. The van der Waals surface area contributed by atoms with Crippen molar-refractivity contribution in [3.05, 3.63) is 123 Å². The number of pyridine rings is 1. The smallest absolute Gasteiger partial charge is 0.338 e. The molecular formula is C38H36Cl2N4O5. The van der Waals surface area contributed by atoms with Gasteiger partial charge in [0.05, 0.1) is 42.6 Å². The average Bonchev–Trinajstić information content (AvgIpc) is 3.58. The zero-order chi connectivity index (χ0) is 34.3. The number of nitrogens with zero attached hydrogens (tertiary/aromatic N) is 3. The van der Waals surface area contributed by atoms with Crippen LogP contribution in [0.15, 0.2) is 85.1 Å². The van der Waals surface area contributed by atoms with E-state index in [-0.39, 0.29) is 25.0 Å². The molecular weight excluding hydrogens is 663 g/mol. The van der Waals surface area contributed by atoms with Crippen molar-refractivity contribution < 1.29 is 23.8 Å². The molecule has 11 heteroatoms. The summed E-state index contributed by atoms with van der Waals surface area (Å²) in [5.41, 5.74) is 6.19. The second kappa shape index (κ2) is 15.6. The Bertz CT molecular complexity index is 2000. The molecule has 3 aromatic carbocycles. The van der Waals surface area contributed by atoms with E-state index in [2.05, 4.69) is 22.3 Å². The van der Waals surface area contributed by atoms with Crippen molar-refractivity contribution in [2.45, 2.75) is 27.0 Å². The molecule has 1 aliphatic heterocycles. The number of carbonyl (C=O) groups is 2. The average molecular weight is 700 g/mol. The van der Waals surface area contributed by atoms with Gasteiger partial charge in [-0.15, -0.1) is 0 Å². The maximum Gasteiger partial charge on any atom is 0.338 e. The molecule has 9 nitrogen and oxygen atoms in total. The van der Waals surface area contributed by atoms with Gasteiger partial charge in [-0.2, -0.15) is 0 Å². The number of aryl methyl sites for hydroxylation is 1. The number of rotatable bonds is 11. The van der Waals surface area contributed by atoms with Gasteiger partial charge < -0.3 is 29.0 Å². The van der Waals surface area contributed by atoms with Crippen LogP contribution in [0.25, 0.3) is 22.7 Å². The minimum atomic E-state index is -0.380. The number of nitrogens with one attached hydrogen (secondary N) is 1. The first-order chi connectivity index (χ1) is 23.8. The lowest BCUT2D eigenvalue weighted by atomic mass is 10.1. The fraction of sp³-hybridized carbons (Fsp3) is 0.237. The van der Waals surface area contributed by atoms with Gasteiger partial charge >= 0.3 is 5.97 Å². The van der Waals surface area contributed by atoms with Crippen LogP contribution in [0.5, 0.6) is 5.75 Å². The number of aromatic nitrogens is 2. The number of ether oxygens (including phenoxy) is 3. The Labute approximate surface area is 295 Å². The zero-order valence-electron chi connectivity index (χ0n) is 27.2. The molecule has 6 rings (SSSR count). The third kappa shape index (κ3) is 7.91. The van der Waals surface area contributed by atoms with Crippen LogP contribution in [0, 0.1) is 6.92 Å². The maximum absolute atomic E-state index is 12.7. The normalized spacial score (nSPS) is 13.2. The number of benzene rings is 3. The van der Waals surface area contributed by atoms with Crippen molar-refractivity contribution in [2.75, 3.05) is 37.8 Å². The largest absolute Gasteiger partial charge is 0.487 e. The predicted molar refractivity (Wildman–Crippen MR) is 193 cm³/mol. The fourth-order valence-electron chi connectivity index (χ4n) is 5.71. The Balaban J connectivity index is 1.15. The number of morpholine rings is 1. The van der Waals surface area contributed by atoms with Gasteiger partial charge in [0, 0.05) is 58.4 Å². The molecule has 1 fully saturated rings. The van der Waals surface area contributed by atoms with Gasteiger partial charge in [-0.05, 0) is 74.0 Å². The SMILES string of the molecule is CCOC(=O)c1ccc(C=CC(=O)NCc2cccn2-c2ccc(Cl)c(COc3cccc4c(N5CCOCC5)cc(C)nc34)c2Cl)cc1. The molecule has 252 valence electrons. The van der Waals surface area contributed by atoms with E-state index in [0.29, 0.717) is 52.4 Å². The molecule has 3 heterocycles. The number of para-hydroxylation sites is 1. The Morgan fingerprint density at radius 2 is 1.80 bits per heavy atom. The van der Waals surface area contributed by atoms with E-state index in [1.807, 2.05) is 48.0 Å². The van der Waals surface area contributed by atoms with Crippen molar-refractivity contribution in [1.82, 2.24) is 14.9 Å². The topological polar surface area (TPSA) is 94.9 Å². The van der Waals surface area contributed by atoms with Crippen LogP contribution in [-0.4, -0.2) is 54.3 Å². The minimum absolute atomic E-state index is 0.131. The Morgan fingerprint density at radius 3 is 2.57 bits per heavy atom. The second-order valence-corrected chi connectivity index (χ2v) is 12.2. The van der Waals surface area contributed by atoms with Gasteiger partial charge in [0.15, 0.2) is 0 Å². The summed E-state index contributed by atoms with van der Waals surface area (Å²) in [5.74, 6) is -0.00978. The van der Waals surface area contributed by atoms with Crippen molar-refractivity contribution in [3.63, 3.8) is 0 Å². The summed E-state index contributed by atoms with van der Waals surface area (Å²) in [7, 11) is 0. The van der Waals surface area contributed by atoms with Crippen LogP contribution in [0.3, 0.4) is 0 Å². The molecule has 5 aromatic rings. The first-order valence-corrected chi connectivity index (χ1v) is 16.8. The number of esters is 1. The lowest BCUT2D eigenvalue weighted by Crippen LogP contribution is -2.36. The number of halogens is 2. The highest BCUT2D eigenvalue weighted by atomic mass is 35.5. The summed E-state index contributed by atoms with van der Waals surface area (Å²) < 4.78 is 18.9. The van der Waals surface area contributed by atoms with E-state index >= 15 is 0 Å². The highest BCUT2D eigenvalue weighted by molar-refractivity contribution is 6.37. The fourth-order valence-corrected chi connectivity index (χ4v) is 6.28. The molecule has 0 radical (unpaired) electrons. The molecule has 0 spiro atoms. The molecule has 0 saturated carbocycles. The van der Waals surface area contributed by atoms with Crippen LogP contribution in [0.4, 0.5) is 5.69 Å². The maximum atomic E-state index is 12.7.